The Morgan fingerprint density at radius 3 is 1.42 bits per heavy atom. The van der Waals surface area contributed by atoms with Gasteiger partial charge in [0.25, 0.3) is 0 Å². The van der Waals surface area contributed by atoms with Gasteiger partial charge in [-0.25, -0.2) is 0 Å². The van der Waals surface area contributed by atoms with E-state index in [0.29, 0.717) is 38.5 Å². The molecule has 2 nitrogen and oxygen atoms in total. The predicted molar refractivity (Wildman–Crippen MR) is 105 cm³/mol. The Balaban J connectivity index is 1.94. The van der Waals surface area contributed by atoms with Crippen LogP contribution in [0.25, 0.3) is 0 Å². The van der Waals surface area contributed by atoms with Gasteiger partial charge in [0.2, 0.25) is 0 Å². The van der Waals surface area contributed by atoms with Crippen molar-refractivity contribution in [3.8, 4) is 0 Å². The van der Waals surface area contributed by atoms with Crippen molar-refractivity contribution < 1.29 is 9.47 Å². The predicted octanol–water partition coefficient (Wildman–Crippen LogP) is 4.95. The van der Waals surface area contributed by atoms with Crippen LogP contribution in [0.4, 0.5) is 0 Å². The van der Waals surface area contributed by atoms with Gasteiger partial charge in [0.15, 0.2) is 0 Å². The summed E-state index contributed by atoms with van der Waals surface area (Å²) in [5.74, 6) is 0. The molecule has 24 heavy (non-hydrogen) atoms. The van der Waals surface area contributed by atoms with Crippen LogP contribution in [0.3, 0.4) is 0 Å². The third kappa shape index (κ3) is 4.58. The molecular formula is C20H34O2Se2. The molecule has 4 atom stereocenters. The van der Waals surface area contributed by atoms with E-state index in [1.807, 2.05) is 12.2 Å². The Labute approximate surface area is 160 Å². The van der Waals surface area contributed by atoms with E-state index in [1.165, 1.54) is 0 Å². The molecule has 2 heterocycles. The normalized spacial score (nSPS) is 37.6. The third-order valence-corrected chi connectivity index (χ3v) is 18.9. The zero-order chi connectivity index (χ0) is 18.2. The summed E-state index contributed by atoms with van der Waals surface area (Å²) in [4.78, 5) is 0. The van der Waals surface area contributed by atoms with E-state index in [9.17, 15) is 0 Å². The van der Waals surface area contributed by atoms with Gasteiger partial charge in [0.1, 0.15) is 0 Å². The van der Waals surface area contributed by atoms with Gasteiger partial charge in [0.05, 0.1) is 0 Å². The molecule has 2 saturated heterocycles. The van der Waals surface area contributed by atoms with Gasteiger partial charge < -0.3 is 0 Å². The zero-order valence-corrected chi connectivity index (χ0v) is 19.6. The minimum absolute atomic E-state index is 0.124. The van der Waals surface area contributed by atoms with E-state index >= 15 is 0 Å². The number of ether oxygens (including phenoxy) is 2. The van der Waals surface area contributed by atoms with Crippen molar-refractivity contribution in [1.29, 1.82) is 0 Å². The molecule has 0 saturated carbocycles. The summed E-state index contributed by atoms with van der Waals surface area (Å²) in [5.41, 5.74) is -0.248. The molecule has 138 valence electrons. The van der Waals surface area contributed by atoms with Crippen LogP contribution >= 0.6 is 0 Å². The van der Waals surface area contributed by atoms with Crippen LogP contribution in [0.15, 0.2) is 25.3 Å². The SMILES string of the molecule is C=CC1(C)CCC(C(C)(C)[Se][Se]C(C)(C)C2CCC(C)(C=C)O2)O1. The van der Waals surface area contributed by atoms with Crippen LogP contribution in [0.5, 0.6) is 0 Å². The second-order valence-electron chi connectivity index (χ2n) is 8.70. The van der Waals surface area contributed by atoms with Crippen molar-refractivity contribution in [2.45, 2.75) is 99.3 Å². The molecule has 0 aromatic rings. The maximum atomic E-state index is 6.37. The van der Waals surface area contributed by atoms with Crippen molar-refractivity contribution in [2.75, 3.05) is 0 Å². The zero-order valence-electron chi connectivity index (χ0n) is 16.2. The van der Waals surface area contributed by atoms with Crippen LogP contribution in [-0.2, 0) is 9.47 Å². The summed E-state index contributed by atoms with van der Waals surface area (Å²) in [6, 6.07) is 0. The molecular weight excluding hydrogens is 430 g/mol. The molecule has 2 fully saturated rings. The van der Waals surface area contributed by atoms with Crippen molar-refractivity contribution in [3.05, 3.63) is 25.3 Å². The van der Waals surface area contributed by atoms with Crippen molar-refractivity contribution in [1.82, 2.24) is 0 Å². The topological polar surface area (TPSA) is 18.5 Å². The van der Waals surface area contributed by atoms with Gasteiger partial charge in [-0.05, 0) is 0 Å². The Kier molecular flexibility index (Phi) is 6.24. The van der Waals surface area contributed by atoms with Crippen LogP contribution in [0.1, 0.15) is 67.2 Å². The van der Waals surface area contributed by atoms with Crippen molar-refractivity contribution >= 4 is 26.3 Å². The summed E-state index contributed by atoms with van der Waals surface area (Å²) >= 11 is 1.13. The Bertz CT molecular complexity index is 444. The first-order chi connectivity index (χ1) is 11.0. The second kappa shape index (κ2) is 7.22. The first-order valence-corrected chi connectivity index (χ1v) is 15.0. The molecule has 0 aromatic carbocycles. The average molecular weight is 464 g/mol. The summed E-state index contributed by atoms with van der Waals surface area (Å²) in [7, 11) is 0. The molecule has 4 heteroatoms. The summed E-state index contributed by atoms with van der Waals surface area (Å²) in [6.07, 6.45) is 9.19. The number of hydrogen-bond acceptors (Lipinski definition) is 2. The Morgan fingerprint density at radius 2 is 1.17 bits per heavy atom. The molecule has 2 aliphatic heterocycles. The third-order valence-electron chi connectivity index (χ3n) is 5.51. The van der Waals surface area contributed by atoms with Crippen molar-refractivity contribution in [3.63, 3.8) is 0 Å². The first kappa shape index (κ1) is 20.7. The molecule has 0 radical (unpaired) electrons. The molecule has 0 aliphatic carbocycles. The molecule has 0 spiro atoms. The summed E-state index contributed by atoms with van der Waals surface area (Å²) in [6.45, 7) is 21.8. The van der Waals surface area contributed by atoms with E-state index in [1.54, 1.807) is 0 Å². The molecule has 0 bridgehead atoms. The van der Waals surface area contributed by atoms with E-state index in [-0.39, 0.29) is 19.8 Å². The monoisotopic (exact) mass is 466 g/mol. The van der Waals surface area contributed by atoms with Gasteiger partial charge in [-0.15, -0.1) is 0 Å². The fourth-order valence-corrected chi connectivity index (χ4v) is 12.4. The van der Waals surface area contributed by atoms with E-state index in [4.69, 9.17) is 9.47 Å². The Morgan fingerprint density at radius 1 is 0.833 bits per heavy atom. The molecule has 2 aliphatic rings. The first-order valence-electron chi connectivity index (χ1n) is 8.95. The van der Waals surface area contributed by atoms with Gasteiger partial charge in [-0.2, -0.15) is 0 Å². The number of hydrogen-bond donors (Lipinski definition) is 0. The molecule has 4 unspecified atom stereocenters. The fourth-order valence-electron chi connectivity index (χ4n) is 3.32. The van der Waals surface area contributed by atoms with Crippen LogP contribution in [0.2, 0.25) is 8.63 Å². The maximum absolute atomic E-state index is 6.37. The standard InChI is InChI=1S/C20H34O2Se2/c1-9-19(7)13-11-15(21-19)17(3,4)23-24-18(5,6)16-12-14-20(8,10-2)22-16/h9-10,15-16H,1-2,11-14H2,3-8H3. The Hall–Kier alpha value is 0.439. The number of rotatable bonds is 7. The van der Waals surface area contributed by atoms with Gasteiger partial charge >= 0.3 is 160 Å². The molecule has 0 N–H and O–H groups in total. The van der Waals surface area contributed by atoms with Gasteiger partial charge in [-0.1, -0.05) is 0 Å². The van der Waals surface area contributed by atoms with E-state index < -0.39 is 0 Å². The van der Waals surface area contributed by atoms with Crippen LogP contribution < -0.4 is 0 Å². The van der Waals surface area contributed by atoms with Gasteiger partial charge in [-0.3, -0.25) is 0 Å². The quantitative estimate of drug-likeness (QED) is 0.392. The van der Waals surface area contributed by atoms with Gasteiger partial charge in [0, 0.05) is 0 Å². The molecule has 0 amide bonds. The van der Waals surface area contributed by atoms with E-state index in [2.05, 4.69) is 54.7 Å². The second-order valence-corrected chi connectivity index (χ2v) is 17.4. The van der Waals surface area contributed by atoms with Crippen LogP contribution in [-0.4, -0.2) is 49.7 Å². The summed E-state index contributed by atoms with van der Waals surface area (Å²) < 4.78 is 13.3. The molecule has 2 rings (SSSR count). The fraction of sp³-hybridized carbons (Fsp3) is 0.800. The molecule has 0 aromatic heterocycles. The van der Waals surface area contributed by atoms with Crippen molar-refractivity contribution in [2.24, 2.45) is 0 Å². The average Bonchev–Trinajstić information content (AvgIpc) is 3.12. The summed E-state index contributed by atoms with van der Waals surface area (Å²) in [5, 5.41) is 0. The van der Waals surface area contributed by atoms with Crippen LogP contribution in [0, 0.1) is 0 Å². The van der Waals surface area contributed by atoms with E-state index in [0.717, 1.165) is 25.7 Å². The minimum atomic E-state index is -0.124.